The molecule has 0 saturated heterocycles. The first-order valence-corrected chi connectivity index (χ1v) is 16.1. The van der Waals surface area contributed by atoms with Crippen LogP contribution in [-0.2, 0) is 10.8 Å². The van der Waals surface area contributed by atoms with Crippen LogP contribution in [0.4, 0.5) is 0 Å². The number of pyridine rings is 1. The lowest BCUT2D eigenvalue weighted by Gasteiger charge is -2.25. The number of aryl methyl sites for hydroxylation is 2. The largest absolute Gasteiger partial charge is 0.507 e. The Labute approximate surface area is 271 Å². The van der Waals surface area contributed by atoms with E-state index in [1.807, 2.05) is 12.1 Å². The summed E-state index contributed by atoms with van der Waals surface area (Å²) in [5.74, 6) is 1.12. The van der Waals surface area contributed by atoms with Gasteiger partial charge in [0.15, 0.2) is 5.82 Å². The zero-order valence-corrected chi connectivity index (χ0v) is 28.0. The number of aromatic nitrogens is 3. The van der Waals surface area contributed by atoms with Crippen molar-refractivity contribution in [1.29, 1.82) is 0 Å². The highest BCUT2D eigenvalue weighted by molar-refractivity contribution is 6.12. The molecule has 4 heteroatoms. The predicted molar refractivity (Wildman–Crippen MR) is 193 cm³/mol. The molecule has 7 aromatic rings. The molecule has 0 fully saturated rings. The summed E-state index contributed by atoms with van der Waals surface area (Å²) in [6.07, 6.45) is 0. The fraction of sp³-hybridized carbons (Fsp3) is 0.238. The standard InChI is InChI=1S/C42H41N3O/c1-25-12-9-13-26(2)39(25)45-34-16-11-15-31(29-21-19-27-18-20-28-14-10-17-35(46)37(28)32(27)22-29)38(34)44-40(45)33-23-30(41(3,4)5)24-36(43-33)42(6,7)8/h9-24,46H,1-8H3. The van der Waals surface area contributed by atoms with E-state index in [0.29, 0.717) is 5.75 Å². The molecule has 0 atom stereocenters. The van der Waals surface area contributed by atoms with Gasteiger partial charge in [-0.05, 0) is 88.0 Å². The van der Waals surface area contributed by atoms with E-state index in [-0.39, 0.29) is 10.8 Å². The van der Waals surface area contributed by atoms with Crippen LogP contribution >= 0.6 is 0 Å². The summed E-state index contributed by atoms with van der Waals surface area (Å²) in [6.45, 7) is 17.8. The average molecular weight is 604 g/mol. The molecule has 0 aliphatic carbocycles. The van der Waals surface area contributed by atoms with E-state index in [0.717, 1.165) is 66.6 Å². The summed E-state index contributed by atoms with van der Waals surface area (Å²) >= 11 is 0. The fourth-order valence-corrected chi connectivity index (χ4v) is 6.61. The zero-order valence-electron chi connectivity index (χ0n) is 28.0. The summed E-state index contributed by atoms with van der Waals surface area (Å²) in [5, 5.41) is 14.9. The molecule has 1 N–H and O–H groups in total. The summed E-state index contributed by atoms with van der Waals surface area (Å²) in [7, 11) is 0. The van der Waals surface area contributed by atoms with Gasteiger partial charge in [-0.15, -0.1) is 0 Å². The van der Waals surface area contributed by atoms with Crippen molar-refractivity contribution in [2.24, 2.45) is 0 Å². The first-order chi connectivity index (χ1) is 21.8. The van der Waals surface area contributed by atoms with Gasteiger partial charge in [0.2, 0.25) is 0 Å². The topological polar surface area (TPSA) is 50.9 Å². The van der Waals surface area contributed by atoms with E-state index in [2.05, 4.69) is 139 Å². The van der Waals surface area contributed by atoms with Crippen LogP contribution in [0.2, 0.25) is 0 Å². The van der Waals surface area contributed by atoms with Gasteiger partial charge in [0.05, 0.1) is 16.7 Å². The maximum Gasteiger partial charge on any atom is 0.164 e. The molecule has 0 aliphatic heterocycles. The molecule has 46 heavy (non-hydrogen) atoms. The van der Waals surface area contributed by atoms with Crippen LogP contribution in [-0.4, -0.2) is 19.6 Å². The van der Waals surface area contributed by atoms with E-state index in [4.69, 9.17) is 9.97 Å². The number of rotatable bonds is 3. The Balaban J connectivity index is 1.57. The van der Waals surface area contributed by atoms with Gasteiger partial charge < -0.3 is 5.11 Å². The second-order valence-corrected chi connectivity index (χ2v) is 14.7. The smallest absolute Gasteiger partial charge is 0.164 e. The van der Waals surface area contributed by atoms with E-state index in [1.54, 1.807) is 6.07 Å². The quantitative estimate of drug-likeness (QED) is 0.204. The van der Waals surface area contributed by atoms with E-state index in [9.17, 15) is 5.11 Å². The third kappa shape index (κ3) is 4.93. The molecule has 4 nitrogen and oxygen atoms in total. The highest BCUT2D eigenvalue weighted by atomic mass is 16.3. The molecule has 0 saturated carbocycles. The van der Waals surface area contributed by atoms with Crippen molar-refractivity contribution in [3.05, 3.63) is 119 Å². The van der Waals surface area contributed by atoms with Crippen molar-refractivity contribution in [3.8, 4) is 34.1 Å². The van der Waals surface area contributed by atoms with Crippen molar-refractivity contribution in [2.45, 2.75) is 66.2 Å². The molecule has 2 heterocycles. The monoisotopic (exact) mass is 603 g/mol. The van der Waals surface area contributed by atoms with Crippen molar-refractivity contribution in [3.63, 3.8) is 0 Å². The molecule has 7 rings (SSSR count). The number of fused-ring (bicyclic) bond motifs is 4. The lowest BCUT2D eigenvalue weighted by molar-refractivity contribution is 0.482. The van der Waals surface area contributed by atoms with Gasteiger partial charge in [0.1, 0.15) is 11.4 Å². The van der Waals surface area contributed by atoms with Gasteiger partial charge in [0, 0.05) is 22.1 Å². The summed E-state index contributed by atoms with van der Waals surface area (Å²) in [5.41, 5.74) is 10.5. The zero-order chi connectivity index (χ0) is 32.5. The van der Waals surface area contributed by atoms with Gasteiger partial charge in [-0.2, -0.15) is 0 Å². The maximum atomic E-state index is 10.9. The van der Waals surface area contributed by atoms with Crippen LogP contribution in [0.5, 0.6) is 5.75 Å². The second-order valence-electron chi connectivity index (χ2n) is 14.7. The van der Waals surface area contributed by atoms with Crippen molar-refractivity contribution in [1.82, 2.24) is 14.5 Å². The molecule has 0 unspecified atom stereocenters. The molecule has 0 radical (unpaired) electrons. The Bertz CT molecular complexity index is 2260. The number of aromatic hydroxyl groups is 1. The van der Waals surface area contributed by atoms with Gasteiger partial charge >= 0.3 is 0 Å². The van der Waals surface area contributed by atoms with Crippen LogP contribution in [0.15, 0.2) is 97.1 Å². The Morgan fingerprint density at radius 1 is 0.652 bits per heavy atom. The molecule has 0 aliphatic rings. The van der Waals surface area contributed by atoms with Gasteiger partial charge in [-0.1, -0.05) is 108 Å². The molecular weight excluding hydrogens is 562 g/mol. The van der Waals surface area contributed by atoms with Gasteiger partial charge in [0.25, 0.3) is 0 Å². The maximum absolute atomic E-state index is 10.9. The summed E-state index contributed by atoms with van der Waals surface area (Å²) in [6, 6.07) is 33.8. The number of imidazole rings is 1. The van der Waals surface area contributed by atoms with Gasteiger partial charge in [-0.3, -0.25) is 4.57 Å². The first kappa shape index (κ1) is 29.7. The average Bonchev–Trinajstić information content (AvgIpc) is 3.39. The molecule has 0 spiro atoms. The van der Waals surface area contributed by atoms with Crippen LogP contribution in [0.3, 0.4) is 0 Å². The number of benzene rings is 5. The molecule has 230 valence electrons. The van der Waals surface area contributed by atoms with Crippen molar-refractivity contribution in [2.75, 3.05) is 0 Å². The Hall–Kier alpha value is -4.96. The third-order valence-corrected chi connectivity index (χ3v) is 9.19. The van der Waals surface area contributed by atoms with Crippen LogP contribution in [0, 0.1) is 13.8 Å². The number of phenols is 1. The lowest BCUT2D eigenvalue weighted by atomic mass is 9.83. The van der Waals surface area contributed by atoms with E-state index in [1.165, 1.54) is 16.7 Å². The van der Waals surface area contributed by atoms with Crippen LogP contribution in [0.1, 0.15) is 63.9 Å². The normalized spacial score (nSPS) is 12.4. The number of para-hydroxylation sites is 2. The van der Waals surface area contributed by atoms with E-state index >= 15 is 0 Å². The summed E-state index contributed by atoms with van der Waals surface area (Å²) in [4.78, 5) is 10.8. The first-order valence-electron chi connectivity index (χ1n) is 16.1. The number of nitrogens with zero attached hydrogens (tertiary/aromatic N) is 3. The second kappa shape index (κ2) is 10.6. The molecule has 5 aromatic carbocycles. The van der Waals surface area contributed by atoms with Gasteiger partial charge in [-0.25, -0.2) is 9.97 Å². The van der Waals surface area contributed by atoms with Crippen LogP contribution in [0.25, 0.3) is 60.9 Å². The molecular formula is C42H41N3O. The Kier molecular flexibility index (Phi) is 6.82. The van der Waals surface area contributed by atoms with Crippen molar-refractivity contribution >= 4 is 32.6 Å². The molecule has 0 bridgehead atoms. The minimum atomic E-state index is -0.129. The minimum absolute atomic E-state index is 0.0578. The molecule has 2 aromatic heterocycles. The SMILES string of the molecule is Cc1cccc(C)c1-n1c(-c2cc(C(C)(C)C)cc(C(C)(C)C)n2)nc2c(-c3ccc4ccc5cccc(O)c5c4c3)cccc21. The molecule has 0 amide bonds. The minimum Gasteiger partial charge on any atom is -0.507 e. The lowest BCUT2D eigenvalue weighted by Crippen LogP contribution is -2.19. The fourth-order valence-electron chi connectivity index (χ4n) is 6.61. The third-order valence-electron chi connectivity index (χ3n) is 9.19. The van der Waals surface area contributed by atoms with Crippen molar-refractivity contribution < 1.29 is 5.11 Å². The highest BCUT2D eigenvalue weighted by Gasteiger charge is 2.26. The number of hydrogen-bond acceptors (Lipinski definition) is 3. The Morgan fingerprint density at radius 3 is 2.04 bits per heavy atom. The van der Waals surface area contributed by atoms with E-state index < -0.39 is 0 Å². The summed E-state index contributed by atoms with van der Waals surface area (Å²) < 4.78 is 2.31. The van der Waals surface area contributed by atoms with Crippen LogP contribution < -0.4 is 0 Å². The number of phenolic OH excluding ortho intramolecular Hbond substituents is 1. The number of hydrogen-bond donors (Lipinski definition) is 1. The highest BCUT2D eigenvalue weighted by Crippen LogP contribution is 2.40. The predicted octanol–water partition coefficient (Wildman–Crippen LogP) is 11.0. The Morgan fingerprint density at radius 2 is 1.33 bits per heavy atom.